The molecule has 2 rings (SSSR count). The first kappa shape index (κ1) is 16.3. The van der Waals surface area contributed by atoms with E-state index in [4.69, 9.17) is 4.74 Å². The van der Waals surface area contributed by atoms with Crippen LogP contribution in [0.2, 0.25) is 0 Å². The number of ether oxygens (including phenoxy) is 1. The third-order valence-electron chi connectivity index (χ3n) is 3.42. The van der Waals surface area contributed by atoms with Gasteiger partial charge in [-0.3, -0.25) is 0 Å². The summed E-state index contributed by atoms with van der Waals surface area (Å²) in [6, 6.07) is 0. The average molecular weight is 311 g/mol. The van der Waals surface area contributed by atoms with Gasteiger partial charge in [-0.2, -0.15) is 15.0 Å². The van der Waals surface area contributed by atoms with Gasteiger partial charge in [-0.1, -0.05) is 11.8 Å². The van der Waals surface area contributed by atoms with Crippen LogP contribution in [-0.4, -0.2) is 53.0 Å². The normalized spacial score (nSPS) is 16.0. The second-order valence-electron chi connectivity index (χ2n) is 4.87. The van der Waals surface area contributed by atoms with Crippen LogP contribution in [0.4, 0.5) is 11.9 Å². The first-order chi connectivity index (χ1) is 10.3. The number of aromatic nitrogens is 3. The number of hydrogen-bond donors (Lipinski definition) is 1. The van der Waals surface area contributed by atoms with Crippen LogP contribution in [0.3, 0.4) is 0 Å². The zero-order chi connectivity index (χ0) is 15.1. The van der Waals surface area contributed by atoms with Gasteiger partial charge in [0.25, 0.3) is 0 Å². The molecule has 0 saturated carbocycles. The summed E-state index contributed by atoms with van der Waals surface area (Å²) >= 11 is 1.75. The van der Waals surface area contributed by atoms with Crippen LogP contribution in [0.25, 0.3) is 0 Å². The number of anilines is 2. The Hall–Kier alpha value is -1.08. The number of rotatable bonds is 7. The van der Waals surface area contributed by atoms with Crippen molar-refractivity contribution in [1.29, 1.82) is 0 Å². The quantitative estimate of drug-likeness (QED) is 0.829. The van der Waals surface area contributed by atoms with E-state index in [2.05, 4.69) is 39.0 Å². The van der Waals surface area contributed by atoms with Crippen LogP contribution < -0.4 is 10.2 Å². The lowest BCUT2D eigenvalue weighted by atomic mass is 10.2. The van der Waals surface area contributed by atoms with Gasteiger partial charge in [0.1, 0.15) is 0 Å². The van der Waals surface area contributed by atoms with E-state index in [0.29, 0.717) is 11.2 Å². The maximum Gasteiger partial charge on any atom is 0.231 e. The molecule has 1 N–H and O–H groups in total. The minimum atomic E-state index is 0.542. The third kappa shape index (κ3) is 4.71. The van der Waals surface area contributed by atoms with Crippen molar-refractivity contribution in [1.82, 2.24) is 15.0 Å². The van der Waals surface area contributed by atoms with Gasteiger partial charge in [-0.05, 0) is 33.6 Å². The fourth-order valence-electron chi connectivity index (χ4n) is 2.23. The Morgan fingerprint density at radius 3 is 2.48 bits per heavy atom. The van der Waals surface area contributed by atoms with Crippen molar-refractivity contribution in [2.75, 3.05) is 43.1 Å². The van der Waals surface area contributed by atoms with E-state index in [0.717, 1.165) is 56.8 Å². The van der Waals surface area contributed by atoms with Gasteiger partial charge in [0.05, 0.1) is 0 Å². The Balaban J connectivity index is 2.17. The molecule has 1 aromatic heterocycles. The molecule has 0 aromatic carbocycles. The minimum Gasteiger partial charge on any atom is -0.381 e. The number of thioether (sulfide) groups is 1. The molecular weight excluding hydrogens is 286 g/mol. The summed E-state index contributed by atoms with van der Waals surface area (Å²) in [5.74, 6) is 1.43. The highest BCUT2D eigenvalue weighted by Crippen LogP contribution is 2.28. The molecule has 0 spiro atoms. The van der Waals surface area contributed by atoms with E-state index >= 15 is 0 Å². The second kappa shape index (κ2) is 8.38. The Kier molecular flexibility index (Phi) is 6.50. The number of hydrogen-bond acceptors (Lipinski definition) is 7. The number of nitrogens with one attached hydrogen (secondary N) is 1. The van der Waals surface area contributed by atoms with Crippen LogP contribution in [-0.2, 0) is 4.74 Å². The van der Waals surface area contributed by atoms with Crippen molar-refractivity contribution in [3.8, 4) is 0 Å². The Morgan fingerprint density at radius 2 is 1.86 bits per heavy atom. The Labute approximate surface area is 131 Å². The fourth-order valence-corrected chi connectivity index (χ4v) is 3.23. The second-order valence-corrected chi connectivity index (χ2v) is 6.14. The molecule has 6 nitrogen and oxygen atoms in total. The lowest BCUT2D eigenvalue weighted by Gasteiger charge is -2.22. The van der Waals surface area contributed by atoms with E-state index in [9.17, 15) is 0 Å². The molecule has 1 aliphatic rings. The fraction of sp³-hybridized carbons (Fsp3) is 0.786. The molecule has 21 heavy (non-hydrogen) atoms. The molecule has 1 aliphatic heterocycles. The molecular formula is C14H25N5OS. The summed E-state index contributed by atoms with van der Waals surface area (Å²) in [7, 11) is 0. The zero-order valence-corrected chi connectivity index (χ0v) is 13.9. The Morgan fingerprint density at radius 1 is 1.14 bits per heavy atom. The van der Waals surface area contributed by atoms with Crippen molar-refractivity contribution >= 4 is 23.7 Å². The minimum absolute atomic E-state index is 0.542. The highest BCUT2D eigenvalue weighted by Gasteiger charge is 2.18. The van der Waals surface area contributed by atoms with Crippen LogP contribution in [0.5, 0.6) is 0 Å². The average Bonchev–Trinajstić information content (AvgIpc) is 2.50. The zero-order valence-electron chi connectivity index (χ0n) is 13.1. The van der Waals surface area contributed by atoms with Crippen molar-refractivity contribution in [2.24, 2.45) is 0 Å². The lowest BCUT2D eigenvalue weighted by Crippen LogP contribution is -2.25. The molecule has 7 heteroatoms. The van der Waals surface area contributed by atoms with Gasteiger partial charge < -0.3 is 15.0 Å². The van der Waals surface area contributed by atoms with Crippen LogP contribution in [0.15, 0.2) is 5.16 Å². The van der Waals surface area contributed by atoms with E-state index in [-0.39, 0.29) is 0 Å². The summed E-state index contributed by atoms with van der Waals surface area (Å²) in [6.07, 6.45) is 2.13. The van der Waals surface area contributed by atoms with Gasteiger partial charge in [-0.15, -0.1) is 0 Å². The monoisotopic (exact) mass is 311 g/mol. The molecule has 0 amide bonds. The summed E-state index contributed by atoms with van der Waals surface area (Å²) in [4.78, 5) is 15.8. The molecule has 1 saturated heterocycles. The number of nitrogens with zero attached hydrogens (tertiary/aromatic N) is 4. The molecule has 1 aromatic rings. The molecule has 0 unspecified atom stereocenters. The third-order valence-corrected chi connectivity index (χ3v) is 4.62. The maximum absolute atomic E-state index is 5.41. The molecule has 2 heterocycles. The van der Waals surface area contributed by atoms with Gasteiger partial charge >= 0.3 is 0 Å². The largest absolute Gasteiger partial charge is 0.381 e. The molecule has 0 bridgehead atoms. The molecule has 0 radical (unpaired) electrons. The van der Waals surface area contributed by atoms with E-state index in [1.165, 1.54) is 0 Å². The summed E-state index contributed by atoms with van der Waals surface area (Å²) in [5, 5.41) is 4.56. The smallest absolute Gasteiger partial charge is 0.231 e. The maximum atomic E-state index is 5.41. The van der Waals surface area contributed by atoms with E-state index in [1.54, 1.807) is 11.8 Å². The van der Waals surface area contributed by atoms with Gasteiger partial charge in [0, 0.05) is 38.1 Å². The predicted molar refractivity (Wildman–Crippen MR) is 87.2 cm³/mol. The SMILES string of the molecule is CCNc1nc(SC2CCOCC2)nc(N(CC)CC)n1. The van der Waals surface area contributed by atoms with Gasteiger partial charge in [0.15, 0.2) is 5.16 Å². The van der Waals surface area contributed by atoms with Gasteiger partial charge in [-0.25, -0.2) is 0 Å². The van der Waals surface area contributed by atoms with E-state index < -0.39 is 0 Å². The van der Waals surface area contributed by atoms with Crippen LogP contribution in [0.1, 0.15) is 33.6 Å². The highest BCUT2D eigenvalue weighted by atomic mass is 32.2. The van der Waals surface area contributed by atoms with Crippen molar-refractivity contribution < 1.29 is 4.74 Å². The first-order valence-electron chi connectivity index (χ1n) is 7.76. The van der Waals surface area contributed by atoms with Crippen molar-refractivity contribution in [3.05, 3.63) is 0 Å². The summed E-state index contributed by atoms with van der Waals surface area (Å²) in [5.41, 5.74) is 0. The summed E-state index contributed by atoms with van der Waals surface area (Å²) < 4.78 is 5.41. The highest BCUT2D eigenvalue weighted by molar-refractivity contribution is 7.99. The Bertz CT molecular complexity index is 435. The lowest BCUT2D eigenvalue weighted by molar-refractivity contribution is 0.1000. The first-order valence-corrected chi connectivity index (χ1v) is 8.64. The van der Waals surface area contributed by atoms with Crippen LogP contribution >= 0.6 is 11.8 Å². The van der Waals surface area contributed by atoms with E-state index in [1.807, 2.05) is 6.92 Å². The van der Waals surface area contributed by atoms with Gasteiger partial charge in [0.2, 0.25) is 11.9 Å². The predicted octanol–water partition coefficient (Wildman–Crippen LogP) is 2.42. The molecule has 118 valence electrons. The molecule has 0 aliphatic carbocycles. The molecule has 1 fully saturated rings. The van der Waals surface area contributed by atoms with Crippen molar-refractivity contribution in [2.45, 2.75) is 44.0 Å². The molecule has 0 atom stereocenters. The standard InChI is InChI=1S/C14H25N5OS/c1-4-15-12-16-13(19(5-2)6-3)18-14(17-12)21-11-7-9-20-10-8-11/h11H,4-10H2,1-3H3,(H,15,16,17,18). The van der Waals surface area contributed by atoms with Crippen LogP contribution in [0, 0.1) is 0 Å². The van der Waals surface area contributed by atoms with Crippen molar-refractivity contribution in [3.63, 3.8) is 0 Å². The topological polar surface area (TPSA) is 63.2 Å². The summed E-state index contributed by atoms with van der Waals surface area (Å²) in [6.45, 7) is 10.6.